The molecule has 0 radical (unpaired) electrons. The second-order valence-electron chi connectivity index (χ2n) is 7.22. The van der Waals surface area contributed by atoms with Crippen molar-refractivity contribution in [1.82, 2.24) is 25.4 Å². The summed E-state index contributed by atoms with van der Waals surface area (Å²) in [4.78, 5) is 6.01. The van der Waals surface area contributed by atoms with Gasteiger partial charge in [-0.2, -0.15) is 0 Å². The fourth-order valence-electron chi connectivity index (χ4n) is 3.15. The minimum absolute atomic E-state index is 0. The van der Waals surface area contributed by atoms with Crippen molar-refractivity contribution < 1.29 is 5.11 Å². The van der Waals surface area contributed by atoms with Crippen LogP contribution in [0.15, 0.2) is 22.5 Å². The van der Waals surface area contributed by atoms with Gasteiger partial charge in [0.2, 0.25) is 0 Å². The van der Waals surface area contributed by atoms with E-state index in [1.165, 1.54) is 4.88 Å². The minimum atomic E-state index is -0.707. The van der Waals surface area contributed by atoms with Gasteiger partial charge in [-0.15, -0.1) is 45.5 Å². The Bertz CT molecular complexity index is 725. The van der Waals surface area contributed by atoms with E-state index in [4.69, 9.17) is 0 Å². The Hall–Kier alpha value is -1.20. The Morgan fingerprint density at radius 2 is 1.97 bits per heavy atom. The number of aliphatic hydroxyl groups is 1. The Kier molecular flexibility index (Phi) is 11.7. The van der Waals surface area contributed by atoms with Crippen molar-refractivity contribution in [2.24, 2.45) is 12.0 Å². The highest BCUT2D eigenvalue weighted by Gasteiger charge is 2.25. The van der Waals surface area contributed by atoms with Gasteiger partial charge < -0.3 is 20.3 Å². The molecule has 0 aliphatic heterocycles. The molecule has 29 heavy (non-hydrogen) atoms. The third kappa shape index (κ3) is 8.59. The first-order valence-electron chi connectivity index (χ1n) is 10.1. The van der Waals surface area contributed by atoms with Crippen LogP contribution in [0.5, 0.6) is 0 Å². The topological polar surface area (TPSA) is 87.4 Å². The molecular formula is C20H35IN6OS. The molecule has 0 aromatic carbocycles. The summed E-state index contributed by atoms with van der Waals surface area (Å²) in [6, 6.07) is 4.21. The van der Waals surface area contributed by atoms with E-state index in [9.17, 15) is 5.11 Å². The second kappa shape index (κ2) is 13.2. The van der Waals surface area contributed by atoms with Crippen molar-refractivity contribution in [3.8, 4) is 0 Å². The van der Waals surface area contributed by atoms with Crippen molar-refractivity contribution in [2.45, 2.75) is 65.0 Å². The van der Waals surface area contributed by atoms with Crippen LogP contribution in [0.4, 0.5) is 0 Å². The molecule has 0 bridgehead atoms. The van der Waals surface area contributed by atoms with Crippen molar-refractivity contribution >= 4 is 41.3 Å². The summed E-state index contributed by atoms with van der Waals surface area (Å²) in [7, 11) is 1.94. The van der Waals surface area contributed by atoms with Crippen LogP contribution in [0.3, 0.4) is 0 Å². The smallest absolute Gasteiger partial charge is 0.191 e. The Morgan fingerprint density at radius 3 is 2.52 bits per heavy atom. The summed E-state index contributed by atoms with van der Waals surface area (Å²) in [6.07, 6.45) is 4.40. The normalized spacial score (nSPS) is 12.0. The highest BCUT2D eigenvalue weighted by Crippen LogP contribution is 2.18. The van der Waals surface area contributed by atoms with Crippen LogP contribution in [0.1, 0.15) is 56.1 Å². The predicted octanol–water partition coefficient (Wildman–Crippen LogP) is 3.41. The van der Waals surface area contributed by atoms with Gasteiger partial charge in [-0.1, -0.05) is 32.8 Å². The fraction of sp³-hybridized carbons (Fsp3) is 0.650. The Labute approximate surface area is 195 Å². The van der Waals surface area contributed by atoms with Crippen LogP contribution in [0.25, 0.3) is 0 Å². The number of hydrogen-bond donors (Lipinski definition) is 3. The second-order valence-corrected chi connectivity index (χ2v) is 8.25. The molecular weight excluding hydrogens is 499 g/mol. The lowest BCUT2D eigenvalue weighted by Gasteiger charge is -2.28. The number of aliphatic imine (C=N–C) groups is 1. The van der Waals surface area contributed by atoms with E-state index in [1.54, 1.807) is 11.3 Å². The maximum absolute atomic E-state index is 10.9. The summed E-state index contributed by atoms with van der Waals surface area (Å²) in [5.74, 6) is 2.38. The van der Waals surface area contributed by atoms with Crippen LogP contribution in [-0.2, 0) is 20.0 Å². The molecule has 7 nitrogen and oxygen atoms in total. The van der Waals surface area contributed by atoms with Gasteiger partial charge in [-0.05, 0) is 37.6 Å². The summed E-state index contributed by atoms with van der Waals surface area (Å²) in [5.41, 5.74) is -0.707. The van der Waals surface area contributed by atoms with Gasteiger partial charge >= 0.3 is 0 Å². The average Bonchev–Trinajstić information content (AvgIpc) is 3.29. The molecule has 0 saturated heterocycles. The van der Waals surface area contributed by atoms with Gasteiger partial charge in [0.1, 0.15) is 12.4 Å². The zero-order chi connectivity index (χ0) is 20.4. The zero-order valence-corrected chi connectivity index (χ0v) is 21.1. The van der Waals surface area contributed by atoms with Crippen LogP contribution in [-0.4, -0.2) is 44.5 Å². The van der Waals surface area contributed by atoms with Crippen LogP contribution in [0.2, 0.25) is 0 Å². The van der Waals surface area contributed by atoms with Crippen molar-refractivity contribution in [3.05, 3.63) is 34.0 Å². The first-order valence-corrected chi connectivity index (χ1v) is 11.0. The van der Waals surface area contributed by atoms with E-state index in [1.807, 2.05) is 18.5 Å². The van der Waals surface area contributed by atoms with E-state index in [0.29, 0.717) is 19.0 Å². The Morgan fingerprint density at radius 1 is 1.24 bits per heavy atom. The highest BCUT2D eigenvalue weighted by atomic mass is 127. The standard InChI is InChI=1S/C20H34N6OS.HI/c1-5-10-20(27,11-6-2)15-23-19(21-12-9-17-8-7-13-28-17)22-14-18-25-24-16(3)26(18)4;/h7-8,13,27H,5-6,9-12,14-15H2,1-4H3,(H2,21,22,23);1H. The molecule has 0 atom stereocenters. The molecule has 0 amide bonds. The molecule has 0 aliphatic rings. The van der Waals surface area contributed by atoms with E-state index >= 15 is 0 Å². The average molecular weight is 535 g/mol. The molecule has 0 aliphatic carbocycles. The quantitative estimate of drug-likeness (QED) is 0.234. The number of nitrogens with zero attached hydrogens (tertiary/aromatic N) is 4. The molecule has 2 aromatic heterocycles. The van der Waals surface area contributed by atoms with Crippen molar-refractivity contribution in [3.63, 3.8) is 0 Å². The number of nitrogens with one attached hydrogen (secondary N) is 2. The third-order valence-electron chi connectivity index (χ3n) is 4.82. The molecule has 2 rings (SSSR count). The minimum Gasteiger partial charge on any atom is -0.388 e. The number of hydrogen-bond acceptors (Lipinski definition) is 5. The highest BCUT2D eigenvalue weighted by molar-refractivity contribution is 14.0. The molecule has 0 spiro atoms. The molecule has 2 aromatic rings. The number of rotatable bonds is 11. The number of thiophene rings is 1. The summed E-state index contributed by atoms with van der Waals surface area (Å²) in [5, 5.41) is 28.0. The number of halogens is 1. The van der Waals surface area contributed by atoms with Gasteiger partial charge in [0, 0.05) is 25.0 Å². The van der Waals surface area contributed by atoms with Gasteiger partial charge in [-0.25, -0.2) is 4.99 Å². The van der Waals surface area contributed by atoms with Crippen molar-refractivity contribution in [1.29, 1.82) is 0 Å². The lowest BCUT2D eigenvalue weighted by molar-refractivity contribution is 0.0257. The monoisotopic (exact) mass is 534 g/mol. The van der Waals surface area contributed by atoms with Gasteiger partial charge in [0.05, 0.1) is 5.60 Å². The molecule has 0 unspecified atom stereocenters. The largest absolute Gasteiger partial charge is 0.388 e. The lowest BCUT2D eigenvalue weighted by Crippen LogP contribution is -2.47. The maximum atomic E-state index is 10.9. The first-order chi connectivity index (χ1) is 13.5. The zero-order valence-electron chi connectivity index (χ0n) is 17.9. The lowest BCUT2D eigenvalue weighted by atomic mass is 9.93. The number of guanidine groups is 1. The molecule has 9 heteroatoms. The summed E-state index contributed by atoms with van der Waals surface area (Å²) < 4.78 is 1.94. The van der Waals surface area contributed by atoms with Crippen LogP contribution < -0.4 is 10.6 Å². The molecule has 164 valence electrons. The van der Waals surface area contributed by atoms with Gasteiger partial charge in [-0.3, -0.25) is 0 Å². The third-order valence-corrected chi connectivity index (χ3v) is 5.76. The number of aryl methyl sites for hydroxylation is 1. The summed E-state index contributed by atoms with van der Waals surface area (Å²) in [6.45, 7) is 7.83. The van der Waals surface area contributed by atoms with Crippen LogP contribution >= 0.6 is 35.3 Å². The van der Waals surface area contributed by atoms with Crippen molar-refractivity contribution in [2.75, 3.05) is 13.1 Å². The number of aromatic nitrogens is 3. The van der Waals surface area contributed by atoms with E-state index < -0.39 is 5.60 Å². The molecule has 2 heterocycles. The summed E-state index contributed by atoms with van der Waals surface area (Å²) >= 11 is 1.76. The maximum Gasteiger partial charge on any atom is 0.191 e. The molecule has 0 saturated carbocycles. The first kappa shape index (κ1) is 25.8. The van der Waals surface area contributed by atoms with E-state index in [2.05, 4.69) is 57.2 Å². The Balaban J connectivity index is 0.00000420. The fourth-order valence-corrected chi connectivity index (χ4v) is 3.86. The predicted molar refractivity (Wildman–Crippen MR) is 131 cm³/mol. The molecule has 0 fully saturated rings. The SMILES string of the molecule is CCCC(O)(CCC)CNC(=NCc1nnc(C)n1C)NCCc1cccs1.I. The van der Waals surface area contributed by atoms with E-state index in [0.717, 1.165) is 50.3 Å². The molecule has 3 N–H and O–H groups in total. The van der Waals surface area contributed by atoms with Crippen LogP contribution in [0, 0.1) is 6.92 Å². The van der Waals surface area contributed by atoms with E-state index in [-0.39, 0.29) is 24.0 Å². The van der Waals surface area contributed by atoms with Gasteiger partial charge in [0.25, 0.3) is 0 Å². The van der Waals surface area contributed by atoms with Gasteiger partial charge in [0.15, 0.2) is 11.8 Å².